The zero-order valence-corrected chi connectivity index (χ0v) is 14.2. The SMILES string of the molecule is COc1ccc(NC(=O)c2cc(C(=O)N3CCCCC3)ccn2)cc1. The number of nitrogens with zero attached hydrogens (tertiary/aromatic N) is 2. The van der Waals surface area contributed by atoms with Gasteiger partial charge >= 0.3 is 0 Å². The van der Waals surface area contributed by atoms with E-state index in [0.29, 0.717) is 17.0 Å². The maximum atomic E-state index is 12.6. The average Bonchev–Trinajstić information content (AvgIpc) is 2.68. The fraction of sp³-hybridized carbons (Fsp3) is 0.316. The number of carbonyl (C=O) groups is 2. The van der Waals surface area contributed by atoms with Crippen LogP contribution in [0.15, 0.2) is 42.6 Å². The van der Waals surface area contributed by atoms with Crippen molar-refractivity contribution in [3.05, 3.63) is 53.9 Å². The van der Waals surface area contributed by atoms with Crippen LogP contribution in [-0.4, -0.2) is 41.9 Å². The van der Waals surface area contributed by atoms with E-state index in [1.807, 2.05) is 4.90 Å². The van der Waals surface area contributed by atoms with Crippen LogP contribution < -0.4 is 10.1 Å². The van der Waals surface area contributed by atoms with Crippen molar-refractivity contribution in [1.29, 1.82) is 0 Å². The molecule has 1 saturated heterocycles. The summed E-state index contributed by atoms with van der Waals surface area (Å²) in [6.07, 6.45) is 4.72. The molecule has 0 spiro atoms. The molecule has 2 amide bonds. The molecule has 25 heavy (non-hydrogen) atoms. The van der Waals surface area contributed by atoms with Crippen LogP contribution >= 0.6 is 0 Å². The number of nitrogens with one attached hydrogen (secondary N) is 1. The Hall–Kier alpha value is -2.89. The number of methoxy groups -OCH3 is 1. The third-order valence-electron chi connectivity index (χ3n) is 4.23. The summed E-state index contributed by atoms with van der Waals surface area (Å²) in [6, 6.07) is 10.2. The van der Waals surface area contributed by atoms with Crippen molar-refractivity contribution in [3.63, 3.8) is 0 Å². The Morgan fingerprint density at radius 1 is 1.08 bits per heavy atom. The highest BCUT2D eigenvalue weighted by Crippen LogP contribution is 2.17. The first-order valence-electron chi connectivity index (χ1n) is 8.38. The predicted octanol–water partition coefficient (Wildman–Crippen LogP) is 2.97. The maximum absolute atomic E-state index is 12.6. The Kier molecular flexibility index (Phi) is 5.28. The number of ether oxygens (including phenoxy) is 1. The van der Waals surface area contributed by atoms with Crippen LogP contribution in [0.3, 0.4) is 0 Å². The summed E-state index contributed by atoms with van der Waals surface area (Å²) >= 11 is 0. The summed E-state index contributed by atoms with van der Waals surface area (Å²) in [6.45, 7) is 1.54. The van der Waals surface area contributed by atoms with E-state index in [0.717, 1.165) is 32.4 Å². The van der Waals surface area contributed by atoms with Crippen LogP contribution in [0.4, 0.5) is 5.69 Å². The van der Waals surface area contributed by atoms with Gasteiger partial charge in [0.2, 0.25) is 0 Å². The second kappa shape index (κ2) is 7.79. The topological polar surface area (TPSA) is 71.5 Å². The Morgan fingerprint density at radius 3 is 2.48 bits per heavy atom. The number of hydrogen-bond donors (Lipinski definition) is 1. The Balaban J connectivity index is 1.71. The standard InChI is InChI=1S/C19H21N3O3/c1-25-16-7-5-15(6-8-16)21-18(23)17-13-14(9-10-20-17)19(24)22-11-3-2-4-12-22/h5-10,13H,2-4,11-12H2,1H3,(H,21,23). The molecule has 0 atom stereocenters. The van der Waals surface area contributed by atoms with E-state index in [4.69, 9.17) is 4.74 Å². The lowest BCUT2D eigenvalue weighted by Crippen LogP contribution is -2.35. The van der Waals surface area contributed by atoms with E-state index in [1.165, 1.54) is 6.20 Å². The van der Waals surface area contributed by atoms with Gasteiger partial charge in [-0.1, -0.05) is 0 Å². The molecule has 6 heteroatoms. The fourth-order valence-corrected chi connectivity index (χ4v) is 2.84. The average molecular weight is 339 g/mol. The minimum absolute atomic E-state index is 0.0411. The van der Waals surface area contributed by atoms with E-state index in [9.17, 15) is 9.59 Å². The molecule has 0 aliphatic carbocycles. The third-order valence-corrected chi connectivity index (χ3v) is 4.23. The van der Waals surface area contributed by atoms with Crippen molar-refractivity contribution in [2.45, 2.75) is 19.3 Å². The zero-order valence-electron chi connectivity index (χ0n) is 14.2. The molecule has 1 aromatic heterocycles. The summed E-state index contributed by atoms with van der Waals surface area (Å²) in [5.41, 5.74) is 1.36. The normalized spacial score (nSPS) is 14.0. The number of piperidine rings is 1. The van der Waals surface area contributed by atoms with Crippen LogP contribution in [0.5, 0.6) is 5.75 Å². The molecule has 1 aromatic carbocycles. The van der Waals surface area contributed by atoms with Crippen LogP contribution in [0.1, 0.15) is 40.1 Å². The summed E-state index contributed by atoms with van der Waals surface area (Å²) in [5, 5.41) is 2.77. The number of aromatic nitrogens is 1. The van der Waals surface area contributed by atoms with Gasteiger partial charge in [0.25, 0.3) is 11.8 Å². The largest absolute Gasteiger partial charge is 0.497 e. The summed E-state index contributed by atoms with van der Waals surface area (Å²) in [7, 11) is 1.59. The first-order chi connectivity index (χ1) is 12.2. The van der Waals surface area contributed by atoms with E-state index in [2.05, 4.69) is 10.3 Å². The predicted molar refractivity (Wildman–Crippen MR) is 94.9 cm³/mol. The molecule has 1 N–H and O–H groups in total. The number of pyridine rings is 1. The first kappa shape index (κ1) is 17.0. The first-order valence-corrected chi connectivity index (χ1v) is 8.38. The van der Waals surface area contributed by atoms with Crippen LogP contribution in [0.25, 0.3) is 0 Å². The summed E-state index contributed by atoms with van der Waals surface area (Å²) in [4.78, 5) is 30.9. The van der Waals surface area contributed by atoms with Gasteiger partial charge in [-0.15, -0.1) is 0 Å². The van der Waals surface area contributed by atoms with Crippen molar-refractivity contribution in [2.24, 2.45) is 0 Å². The monoisotopic (exact) mass is 339 g/mol. The Morgan fingerprint density at radius 2 is 1.80 bits per heavy atom. The van der Waals surface area contributed by atoms with E-state index >= 15 is 0 Å². The highest BCUT2D eigenvalue weighted by atomic mass is 16.5. The molecule has 2 heterocycles. The van der Waals surface area contributed by atoms with Gasteiger partial charge in [-0.2, -0.15) is 0 Å². The van der Waals surface area contributed by atoms with Gasteiger partial charge in [-0.05, 0) is 55.7 Å². The van der Waals surface area contributed by atoms with Crippen LogP contribution in [-0.2, 0) is 0 Å². The molecule has 2 aromatic rings. The number of rotatable bonds is 4. The molecule has 0 unspecified atom stereocenters. The number of benzene rings is 1. The molecule has 1 aliphatic heterocycles. The van der Waals surface area contributed by atoms with Gasteiger partial charge in [-0.3, -0.25) is 14.6 Å². The number of hydrogen-bond acceptors (Lipinski definition) is 4. The number of carbonyl (C=O) groups excluding carboxylic acids is 2. The summed E-state index contributed by atoms with van der Waals surface area (Å²) in [5.74, 6) is 0.323. The van der Waals surface area contributed by atoms with E-state index in [-0.39, 0.29) is 17.5 Å². The molecule has 0 radical (unpaired) electrons. The molecule has 1 aliphatic rings. The van der Waals surface area contributed by atoms with Crippen molar-refractivity contribution in [1.82, 2.24) is 9.88 Å². The van der Waals surface area contributed by atoms with E-state index in [1.54, 1.807) is 43.5 Å². The highest BCUT2D eigenvalue weighted by Gasteiger charge is 2.19. The molecular weight excluding hydrogens is 318 g/mol. The Bertz CT molecular complexity index is 753. The Labute approximate surface area is 146 Å². The maximum Gasteiger partial charge on any atom is 0.274 e. The second-order valence-electron chi connectivity index (χ2n) is 5.97. The van der Waals surface area contributed by atoms with Gasteiger partial charge < -0.3 is 15.0 Å². The van der Waals surface area contributed by atoms with E-state index < -0.39 is 0 Å². The van der Waals surface area contributed by atoms with Crippen molar-refractivity contribution >= 4 is 17.5 Å². The molecule has 3 rings (SSSR count). The van der Waals surface area contributed by atoms with Crippen LogP contribution in [0.2, 0.25) is 0 Å². The fourth-order valence-electron chi connectivity index (χ4n) is 2.84. The molecule has 0 saturated carbocycles. The van der Waals surface area contributed by atoms with Gasteiger partial charge in [0.15, 0.2) is 0 Å². The molecule has 6 nitrogen and oxygen atoms in total. The number of likely N-dealkylation sites (tertiary alicyclic amines) is 1. The van der Waals surface area contributed by atoms with Gasteiger partial charge in [0, 0.05) is 30.5 Å². The van der Waals surface area contributed by atoms with Gasteiger partial charge in [0.05, 0.1) is 7.11 Å². The van der Waals surface area contributed by atoms with Crippen molar-refractivity contribution in [3.8, 4) is 5.75 Å². The molecule has 1 fully saturated rings. The summed E-state index contributed by atoms with van der Waals surface area (Å²) < 4.78 is 5.09. The third kappa shape index (κ3) is 4.15. The van der Waals surface area contributed by atoms with Crippen LogP contribution in [0, 0.1) is 0 Å². The molecule has 130 valence electrons. The van der Waals surface area contributed by atoms with Gasteiger partial charge in [0.1, 0.15) is 11.4 Å². The smallest absolute Gasteiger partial charge is 0.274 e. The quantitative estimate of drug-likeness (QED) is 0.929. The second-order valence-corrected chi connectivity index (χ2v) is 5.97. The molecule has 0 bridgehead atoms. The van der Waals surface area contributed by atoms with Gasteiger partial charge in [-0.25, -0.2) is 0 Å². The minimum atomic E-state index is -0.349. The van der Waals surface area contributed by atoms with Crippen molar-refractivity contribution < 1.29 is 14.3 Å². The molecular formula is C19H21N3O3. The minimum Gasteiger partial charge on any atom is -0.497 e. The highest BCUT2D eigenvalue weighted by molar-refractivity contribution is 6.04. The zero-order chi connectivity index (χ0) is 17.6. The lowest BCUT2D eigenvalue weighted by Gasteiger charge is -2.26. The lowest BCUT2D eigenvalue weighted by atomic mass is 10.1. The number of anilines is 1. The van der Waals surface area contributed by atoms with Crippen molar-refractivity contribution in [2.75, 3.05) is 25.5 Å². The lowest BCUT2D eigenvalue weighted by molar-refractivity contribution is 0.0724. The number of amides is 2.